The van der Waals surface area contributed by atoms with Crippen LogP contribution in [0.4, 0.5) is 16.0 Å². The molecule has 176 valence electrons. The summed E-state index contributed by atoms with van der Waals surface area (Å²) in [7, 11) is 1.83. The number of hydrogen-bond donors (Lipinski definition) is 1. The second-order valence-corrected chi connectivity index (χ2v) is 11.5. The molecule has 2 heterocycles. The molecule has 1 aliphatic carbocycles. The summed E-state index contributed by atoms with van der Waals surface area (Å²) in [4.78, 5) is 23.4. The number of carbonyl (C=O) groups excluding carboxylic acids is 1. The third-order valence-corrected chi connectivity index (χ3v) is 8.61. The second kappa shape index (κ2) is 8.06. The Morgan fingerprint density at radius 2 is 1.88 bits per heavy atom. The van der Waals surface area contributed by atoms with Gasteiger partial charge in [-0.05, 0) is 53.1 Å². The van der Waals surface area contributed by atoms with E-state index < -0.39 is 15.9 Å². The molecule has 3 aromatic rings. The molecule has 1 unspecified atom stereocenters. The maximum atomic E-state index is 14.5. The van der Waals surface area contributed by atoms with Crippen molar-refractivity contribution in [1.29, 1.82) is 0 Å². The molecule has 34 heavy (non-hydrogen) atoms. The van der Waals surface area contributed by atoms with Gasteiger partial charge in [0.15, 0.2) is 4.75 Å². The van der Waals surface area contributed by atoms with E-state index in [1.54, 1.807) is 29.5 Å². The zero-order valence-electron chi connectivity index (χ0n) is 19.7. The monoisotopic (exact) mass is 478 g/mol. The van der Waals surface area contributed by atoms with Crippen LogP contribution in [0, 0.1) is 5.82 Å². The van der Waals surface area contributed by atoms with Crippen LogP contribution in [0.3, 0.4) is 0 Å². The first kappa shape index (κ1) is 22.8. The Balaban J connectivity index is 1.45. The topological polar surface area (TPSA) is 81.2 Å². The van der Waals surface area contributed by atoms with E-state index >= 15 is 0 Å². The van der Waals surface area contributed by atoms with Gasteiger partial charge in [0.1, 0.15) is 5.82 Å². The van der Waals surface area contributed by atoms with Crippen molar-refractivity contribution in [3.8, 4) is 11.3 Å². The molecule has 1 saturated carbocycles. The first-order valence-electron chi connectivity index (χ1n) is 11.2. The standard InChI is InChI=1S/C26H27FN4O2S/c1-25(2)15-31(3)23(32)18-7-5-16(13-19(18)25)22-9-12-28-24(30-22)29-17-6-8-21(27)20(14-17)26(10-11-26)34(4)33/h5-9,12-14H,10-11,15H2,1-4H3,(H,28,29,30). The van der Waals surface area contributed by atoms with Gasteiger partial charge in [-0.2, -0.15) is 0 Å². The van der Waals surface area contributed by atoms with Crippen molar-refractivity contribution in [3.63, 3.8) is 0 Å². The van der Waals surface area contributed by atoms with Gasteiger partial charge in [-0.3, -0.25) is 4.79 Å². The average Bonchev–Trinajstić information content (AvgIpc) is 3.61. The van der Waals surface area contributed by atoms with Crippen LogP contribution in [0.5, 0.6) is 0 Å². The predicted octanol–water partition coefficient (Wildman–Crippen LogP) is 4.76. The van der Waals surface area contributed by atoms with Gasteiger partial charge in [-0.15, -0.1) is 0 Å². The highest BCUT2D eigenvalue weighted by Gasteiger charge is 2.55. The molecule has 1 N–H and O–H groups in total. The minimum absolute atomic E-state index is 0.0273. The van der Waals surface area contributed by atoms with E-state index in [-0.39, 0.29) is 17.1 Å². The van der Waals surface area contributed by atoms with Gasteiger partial charge in [0.2, 0.25) is 5.95 Å². The maximum absolute atomic E-state index is 14.5. The van der Waals surface area contributed by atoms with Gasteiger partial charge < -0.3 is 14.8 Å². The number of fused-ring (bicyclic) bond motifs is 1. The number of carbonyl (C=O) groups is 1. The number of hydrogen-bond acceptors (Lipinski definition) is 5. The number of halogens is 1. The molecule has 1 aliphatic heterocycles. The molecule has 0 saturated heterocycles. The Hall–Kier alpha value is -2.97. The van der Waals surface area contributed by atoms with Crippen molar-refractivity contribution in [1.82, 2.24) is 14.9 Å². The van der Waals surface area contributed by atoms with Crippen LogP contribution in [0.15, 0.2) is 48.7 Å². The number of amides is 1. The average molecular weight is 479 g/mol. The highest BCUT2D eigenvalue weighted by atomic mass is 32.2. The van der Waals surface area contributed by atoms with Crippen molar-refractivity contribution in [2.45, 2.75) is 36.9 Å². The molecule has 1 fully saturated rings. The van der Waals surface area contributed by atoms with E-state index in [4.69, 9.17) is 0 Å². The summed E-state index contributed by atoms with van der Waals surface area (Å²) in [6.45, 7) is 4.91. The summed E-state index contributed by atoms with van der Waals surface area (Å²) in [5.74, 6) is 0.0644. The van der Waals surface area contributed by atoms with Crippen molar-refractivity contribution in [2.75, 3.05) is 25.2 Å². The van der Waals surface area contributed by atoms with Crippen molar-refractivity contribution < 1.29 is 13.7 Å². The fraction of sp³-hybridized carbons (Fsp3) is 0.346. The van der Waals surface area contributed by atoms with Crippen LogP contribution >= 0.6 is 0 Å². The molecule has 8 heteroatoms. The molecule has 2 aromatic carbocycles. The fourth-order valence-electron chi connectivity index (χ4n) is 4.89. The van der Waals surface area contributed by atoms with Gasteiger partial charge in [-0.1, -0.05) is 19.9 Å². The summed E-state index contributed by atoms with van der Waals surface area (Å²) in [5, 5.41) is 3.16. The van der Waals surface area contributed by atoms with E-state index in [0.29, 0.717) is 23.7 Å². The largest absolute Gasteiger partial charge is 0.616 e. The molecular formula is C26H27FN4O2S. The lowest BCUT2D eigenvalue weighted by Gasteiger charge is -2.37. The molecule has 1 aromatic heterocycles. The predicted molar refractivity (Wildman–Crippen MR) is 132 cm³/mol. The minimum atomic E-state index is -1.15. The summed E-state index contributed by atoms with van der Waals surface area (Å²) < 4.78 is 26.1. The zero-order valence-corrected chi connectivity index (χ0v) is 20.5. The highest BCUT2D eigenvalue weighted by Crippen LogP contribution is 2.53. The SMILES string of the molecule is CN1CC(C)(C)c2cc(-c3ccnc(Nc4ccc(F)c(C5([S+](C)[O-])CC5)c4)n3)ccc2C1=O. The number of nitrogens with one attached hydrogen (secondary N) is 1. The fourth-order valence-corrected chi connectivity index (χ4v) is 6.03. The van der Waals surface area contributed by atoms with Gasteiger partial charge in [0, 0.05) is 60.4 Å². The molecule has 1 amide bonds. The quantitative estimate of drug-likeness (QED) is 0.535. The molecule has 0 radical (unpaired) electrons. The molecule has 0 spiro atoms. The van der Waals surface area contributed by atoms with Crippen LogP contribution in [-0.4, -0.2) is 45.2 Å². The van der Waals surface area contributed by atoms with Gasteiger partial charge in [0.25, 0.3) is 5.91 Å². The number of aromatic nitrogens is 2. The minimum Gasteiger partial charge on any atom is -0.616 e. The molecular weight excluding hydrogens is 451 g/mol. The smallest absolute Gasteiger partial charge is 0.253 e. The lowest BCUT2D eigenvalue weighted by atomic mass is 9.77. The summed E-state index contributed by atoms with van der Waals surface area (Å²) in [5.41, 5.74) is 4.28. The lowest BCUT2D eigenvalue weighted by molar-refractivity contribution is 0.0737. The number of rotatable bonds is 5. The second-order valence-electron chi connectivity index (χ2n) is 9.84. The molecule has 1 atom stereocenters. The van der Waals surface area contributed by atoms with Gasteiger partial charge >= 0.3 is 0 Å². The number of benzene rings is 2. The Kier molecular flexibility index (Phi) is 5.41. The normalized spacial score (nSPS) is 18.9. The number of anilines is 2. The van der Waals surface area contributed by atoms with Gasteiger partial charge in [0.05, 0.1) is 11.9 Å². The summed E-state index contributed by atoms with van der Waals surface area (Å²) in [6, 6.07) is 12.4. The maximum Gasteiger partial charge on any atom is 0.253 e. The first-order valence-corrected chi connectivity index (χ1v) is 12.8. The highest BCUT2D eigenvalue weighted by molar-refractivity contribution is 7.91. The van der Waals surface area contributed by atoms with E-state index in [9.17, 15) is 13.7 Å². The van der Waals surface area contributed by atoms with Crippen LogP contribution in [0.1, 0.15) is 48.2 Å². The van der Waals surface area contributed by atoms with Crippen molar-refractivity contribution in [2.24, 2.45) is 0 Å². The van der Waals surface area contributed by atoms with E-state index in [2.05, 4.69) is 29.1 Å². The zero-order chi connectivity index (χ0) is 24.3. The lowest BCUT2D eigenvalue weighted by Crippen LogP contribution is -2.44. The van der Waals surface area contributed by atoms with Crippen molar-refractivity contribution in [3.05, 3.63) is 71.2 Å². The molecule has 0 bridgehead atoms. The van der Waals surface area contributed by atoms with Crippen LogP contribution in [-0.2, 0) is 21.3 Å². The van der Waals surface area contributed by atoms with E-state index in [1.807, 2.05) is 31.3 Å². The van der Waals surface area contributed by atoms with Crippen LogP contribution in [0.25, 0.3) is 11.3 Å². The first-order chi connectivity index (χ1) is 16.1. The molecule has 6 nitrogen and oxygen atoms in total. The van der Waals surface area contributed by atoms with Crippen LogP contribution in [0.2, 0.25) is 0 Å². The van der Waals surface area contributed by atoms with Gasteiger partial charge in [-0.25, -0.2) is 14.4 Å². The third kappa shape index (κ3) is 3.84. The molecule has 2 aliphatic rings. The van der Waals surface area contributed by atoms with Crippen LogP contribution < -0.4 is 5.32 Å². The Morgan fingerprint density at radius 3 is 2.59 bits per heavy atom. The third-order valence-electron chi connectivity index (χ3n) is 6.88. The van der Waals surface area contributed by atoms with E-state index in [0.717, 1.165) is 35.2 Å². The Labute approximate surface area is 201 Å². The summed E-state index contributed by atoms with van der Waals surface area (Å²) in [6.07, 6.45) is 4.73. The Morgan fingerprint density at radius 1 is 1.12 bits per heavy atom. The van der Waals surface area contributed by atoms with Crippen molar-refractivity contribution >= 4 is 28.7 Å². The molecule has 5 rings (SSSR count). The number of likely N-dealkylation sites (N-methyl/N-ethyl adjacent to an activating group) is 1. The van der Waals surface area contributed by atoms with E-state index in [1.165, 1.54) is 6.07 Å². The summed E-state index contributed by atoms with van der Waals surface area (Å²) >= 11 is -1.15. The number of nitrogens with zero attached hydrogens (tertiary/aromatic N) is 3. The Bertz CT molecular complexity index is 1290.